The number of carbonyl (C=O) groups excluding carboxylic acids is 1. The molecule has 1 fully saturated rings. The average Bonchev–Trinajstić information content (AvgIpc) is 3.19. The summed E-state index contributed by atoms with van der Waals surface area (Å²) in [5.41, 5.74) is 2.49. The van der Waals surface area contributed by atoms with Crippen LogP contribution in [0.1, 0.15) is 23.3 Å². The Kier molecular flexibility index (Phi) is 5.93. The number of nitrogens with zero attached hydrogens (tertiary/aromatic N) is 1. The lowest BCUT2D eigenvalue weighted by molar-refractivity contribution is -0.118. The van der Waals surface area contributed by atoms with Crippen LogP contribution in [-0.4, -0.2) is 43.3 Å². The van der Waals surface area contributed by atoms with E-state index in [0.717, 1.165) is 11.1 Å². The molecule has 0 radical (unpaired) electrons. The van der Waals surface area contributed by atoms with Crippen LogP contribution in [0.25, 0.3) is 0 Å². The largest absolute Gasteiger partial charge is 0.468 e. The van der Waals surface area contributed by atoms with E-state index in [1.54, 1.807) is 18.4 Å². The number of carbonyl (C=O) groups is 1. The third-order valence-electron chi connectivity index (χ3n) is 4.71. The molecule has 1 aromatic heterocycles. The minimum Gasteiger partial charge on any atom is -0.468 e. The maximum Gasteiger partial charge on any atom is 0.238 e. The van der Waals surface area contributed by atoms with Crippen LogP contribution in [0.4, 0.5) is 5.69 Å². The number of halogens is 1. The van der Waals surface area contributed by atoms with E-state index in [9.17, 15) is 13.2 Å². The molecule has 1 aliphatic rings. The number of aryl methyl sites for hydroxylation is 2. The molecule has 8 heteroatoms. The van der Waals surface area contributed by atoms with Crippen molar-refractivity contribution >= 4 is 33.0 Å². The number of furan rings is 1. The molecule has 1 atom stereocenters. The normalized spacial score (nSPS) is 18.7. The molecule has 0 saturated carbocycles. The fraction of sp³-hybridized carbons (Fsp3) is 0.421. The molecule has 2 heterocycles. The number of sulfone groups is 1. The van der Waals surface area contributed by atoms with Gasteiger partial charge in [0, 0.05) is 6.04 Å². The smallest absolute Gasteiger partial charge is 0.238 e. The highest BCUT2D eigenvalue weighted by molar-refractivity contribution is 7.91. The number of hydrogen-bond donors (Lipinski definition) is 1. The highest BCUT2D eigenvalue weighted by Gasteiger charge is 2.33. The number of rotatable bonds is 6. The molecular formula is C19H23ClN2O4S. The van der Waals surface area contributed by atoms with Crippen molar-refractivity contribution in [2.24, 2.45) is 0 Å². The first-order chi connectivity index (χ1) is 12.7. The molecule has 1 aromatic carbocycles. The second kappa shape index (κ2) is 8.04. The molecule has 27 heavy (non-hydrogen) atoms. The van der Waals surface area contributed by atoms with Crippen molar-refractivity contribution in [2.75, 3.05) is 23.4 Å². The quantitative estimate of drug-likeness (QED) is 0.791. The van der Waals surface area contributed by atoms with Crippen molar-refractivity contribution in [1.82, 2.24) is 4.90 Å². The second-order valence-corrected chi connectivity index (χ2v) is 9.66. The summed E-state index contributed by atoms with van der Waals surface area (Å²) in [7, 11) is -3.06. The summed E-state index contributed by atoms with van der Waals surface area (Å²) >= 11 is 6.27. The lowest BCUT2D eigenvalue weighted by atomic mass is 10.1. The van der Waals surface area contributed by atoms with Gasteiger partial charge in [0.15, 0.2) is 9.84 Å². The number of hydrogen-bond acceptors (Lipinski definition) is 5. The summed E-state index contributed by atoms with van der Waals surface area (Å²) in [6.45, 7) is 4.26. The predicted octanol–water partition coefficient (Wildman–Crippen LogP) is 3.18. The summed E-state index contributed by atoms with van der Waals surface area (Å²) < 4.78 is 29.1. The fourth-order valence-corrected chi connectivity index (χ4v) is 5.55. The van der Waals surface area contributed by atoms with Crippen LogP contribution < -0.4 is 5.32 Å². The van der Waals surface area contributed by atoms with Crippen LogP contribution in [0.2, 0.25) is 5.02 Å². The van der Waals surface area contributed by atoms with E-state index in [4.69, 9.17) is 16.0 Å². The first-order valence-electron chi connectivity index (χ1n) is 8.77. The Morgan fingerprint density at radius 1 is 1.37 bits per heavy atom. The fourth-order valence-electron chi connectivity index (χ4n) is 3.42. The number of amides is 1. The zero-order valence-electron chi connectivity index (χ0n) is 15.4. The SMILES string of the molecule is Cc1cc(C)c(NC(=O)CN(Cc2ccco2)[C@@H]2CCS(=O)(=O)C2)c(Cl)c1. The highest BCUT2D eigenvalue weighted by Crippen LogP contribution is 2.27. The van der Waals surface area contributed by atoms with Gasteiger partial charge in [0.2, 0.25) is 5.91 Å². The van der Waals surface area contributed by atoms with Gasteiger partial charge >= 0.3 is 0 Å². The summed E-state index contributed by atoms with van der Waals surface area (Å²) in [5.74, 6) is 0.665. The van der Waals surface area contributed by atoms with E-state index in [1.807, 2.05) is 30.9 Å². The van der Waals surface area contributed by atoms with Crippen LogP contribution in [0.5, 0.6) is 0 Å². The van der Waals surface area contributed by atoms with Crippen LogP contribution in [0, 0.1) is 13.8 Å². The van der Waals surface area contributed by atoms with Crippen molar-refractivity contribution in [3.63, 3.8) is 0 Å². The molecule has 1 aliphatic heterocycles. The third kappa shape index (κ3) is 5.12. The molecular weight excluding hydrogens is 388 g/mol. The van der Waals surface area contributed by atoms with Gasteiger partial charge in [0.1, 0.15) is 5.76 Å². The predicted molar refractivity (Wildman–Crippen MR) is 106 cm³/mol. The van der Waals surface area contributed by atoms with E-state index < -0.39 is 9.84 Å². The number of benzene rings is 1. The molecule has 1 amide bonds. The van der Waals surface area contributed by atoms with Crippen LogP contribution in [0.15, 0.2) is 34.9 Å². The van der Waals surface area contributed by atoms with Gasteiger partial charge in [-0.05, 0) is 49.6 Å². The Morgan fingerprint density at radius 3 is 2.74 bits per heavy atom. The van der Waals surface area contributed by atoms with Crippen molar-refractivity contribution < 1.29 is 17.6 Å². The monoisotopic (exact) mass is 410 g/mol. The average molecular weight is 411 g/mol. The Labute approximate surface area is 164 Å². The first kappa shape index (κ1) is 19.9. The Balaban J connectivity index is 1.74. The molecule has 1 N–H and O–H groups in total. The lowest BCUT2D eigenvalue weighted by Gasteiger charge is -2.26. The molecule has 0 bridgehead atoms. The summed E-state index contributed by atoms with van der Waals surface area (Å²) in [6, 6.07) is 7.13. The summed E-state index contributed by atoms with van der Waals surface area (Å²) in [4.78, 5) is 14.5. The third-order valence-corrected chi connectivity index (χ3v) is 6.76. The number of anilines is 1. The molecule has 6 nitrogen and oxygen atoms in total. The zero-order chi connectivity index (χ0) is 19.6. The lowest BCUT2D eigenvalue weighted by Crippen LogP contribution is -2.41. The van der Waals surface area contributed by atoms with Gasteiger partial charge in [-0.1, -0.05) is 17.7 Å². The topological polar surface area (TPSA) is 79.6 Å². The molecule has 0 aliphatic carbocycles. The van der Waals surface area contributed by atoms with E-state index in [0.29, 0.717) is 29.4 Å². The van der Waals surface area contributed by atoms with E-state index >= 15 is 0 Å². The van der Waals surface area contributed by atoms with Crippen molar-refractivity contribution in [2.45, 2.75) is 32.9 Å². The molecule has 3 rings (SSSR count). The Hall–Kier alpha value is -1.83. The molecule has 2 aromatic rings. The zero-order valence-corrected chi connectivity index (χ0v) is 16.9. The molecule has 0 unspecified atom stereocenters. The molecule has 0 spiro atoms. The second-order valence-electron chi connectivity index (χ2n) is 7.03. The van der Waals surface area contributed by atoms with Gasteiger partial charge in [0.25, 0.3) is 0 Å². The maximum absolute atomic E-state index is 12.7. The van der Waals surface area contributed by atoms with E-state index in [-0.39, 0.29) is 30.0 Å². The van der Waals surface area contributed by atoms with E-state index in [1.165, 1.54) is 0 Å². The maximum atomic E-state index is 12.7. The number of nitrogens with one attached hydrogen (secondary N) is 1. The van der Waals surface area contributed by atoms with Gasteiger partial charge in [-0.25, -0.2) is 8.42 Å². The Morgan fingerprint density at radius 2 is 2.15 bits per heavy atom. The summed E-state index contributed by atoms with van der Waals surface area (Å²) in [5, 5.41) is 3.36. The van der Waals surface area contributed by atoms with Crippen molar-refractivity contribution in [3.8, 4) is 0 Å². The standard InChI is InChI=1S/C19H23ClN2O4S/c1-13-8-14(2)19(17(20)9-13)21-18(23)11-22(10-16-4-3-6-26-16)15-5-7-27(24,25)12-15/h3-4,6,8-9,15H,5,7,10-12H2,1-2H3,(H,21,23)/t15-/m1/s1. The van der Waals surface area contributed by atoms with Crippen molar-refractivity contribution in [3.05, 3.63) is 52.4 Å². The first-order valence-corrected chi connectivity index (χ1v) is 11.0. The highest BCUT2D eigenvalue weighted by atomic mass is 35.5. The van der Waals surface area contributed by atoms with Gasteiger partial charge in [-0.15, -0.1) is 0 Å². The van der Waals surface area contributed by atoms with Crippen molar-refractivity contribution in [1.29, 1.82) is 0 Å². The Bertz CT molecular complexity index is 902. The van der Waals surface area contributed by atoms with Gasteiger partial charge in [-0.2, -0.15) is 0 Å². The molecule has 1 saturated heterocycles. The van der Waals surface area contributed by atoms with Crippen LogP contribution in [-0.2, 0) is 21.2 Å². The van der Waals surface area contributed by atoms with Gasteiger partial charge in [-0.3, -0.25) is 9.69 Å². The minimum absolute atomic E-state index is 0.0601. The summed E-state index contributed by atoms with van der Waals surface area (Å²) in [6.07, 6.45) is 2.08. The van der Waals surface area contributed by atoms with Gasteiger partial charge < -0.3 is 9.73 Å². The molecule has 146 valence electrons. The van der Waals surface area contributed by atoms with Gasteiger partial charge in [0.05, 0.1) is 41.6 Å². The van der Waals surface area contributed by atoms with Crippen LogP contribution >= 0.6 is 11.6 Å². The minimum atomic E-state index is -3.06. The van der Waals surface area contributed by atoms with Crippen LogP contribution in [0.3, 0.4) is 0 Å². The van der Waals surface area contributed by atoms with E-state index in [2.05, 4.69) is 5.32 Å².